The van der Waals surface area contributed by atoms with Crippen LogP contribution in [0.25, 0.3) is 0 Å². The van der Waals surface area contributed by atoms with E-state index in [-0.39, 0.29) is 0 Å². The molecule has 1 aromatic heterocycles. The van der Waals surface area contributed by atoms with Gasteiger partial charge in [-0.1, -0.05) is 0 Å². The summed E-state index contributed by atoms with van der Waals surface area (Å²) in [5.74, 6) is 1.22. The lowest BCUT2D eigenvalue weighted by Crippen LogP contribution is -2.23. The Hall–Kier alpha value is 0.490. The van der Waals surface area contributed by atoms with Gasteiger partial charge in [0.1, 0.15) is 0 Å². The molecule has 13 heavy (non-hydrogen) atoms. The fourth-order valence-corrected chi connectivity index (χ4v) is 4.42. The second-order valence-electron chi connectivity index (χ2n) is 3.16. The predicted molar refractivity (Wildman–Crippen MR) is 63.8 cm³/mol. The summed E-state index contributed by atoms with van der Waals surface area (Å²) in [5, 5.41) is 3.51. The Morgan fingerprint density at radius 1 is 1.62 bits per heavy atom. The van der Waals surface area contributed by atoms with E-state index in [1.54, 1.807) is 0 Å². The van der Waals surface area contributed by atoms with Crippen LogP contribution in [0.1, 0.15) is 12.8 Å². The molecule has 4 heteroatoms. The predicted octanol–water partition coefficient (Wildman–Crippen LogP) is 3.35. The number of nitrogens with one attached hydrogen (secondary N) is 1. The second kappa shape index (κ2) is 4.82. The van der Waals surface area contributed by atoms with Gasteiger partial charge in [-0.3, -0.25) is 0 Å². The van der Waals surface area contributed by atoms with Crippen molar-refractivity contribution in [2.75, 3.05) is 12.3 Å². The summed E-state index contributed by atoms with van der Waals surface area (Å²) < 4.78 is 2.65. The van der Waals surface area contributed by atoms with E-state index in [1.807, 2.05) is 23.1 Å². The van der Waals surface area contributed by atoms with E-state index in [1.165, 1.54) is 33.1 Å². The van der Waals surface area contributed by atoms with Gasteiger partial charge in [-0.25, -0.2) is 0 Å². The van der Waals surface area contributed by atoms with Gasteiger partial charge in [0.15, 0.2) is 0 Å². The van der Waals surface area contributed by atoms with Crippen LogP contribution in [0.3, 0.4) is 0 Å². The number of thiophene rings is 1. The van der Waals surface area contributed by atoms with E-state index in [0.29, 0.717) is 0 Å². The molecule has 72 valence electrons. The highest BCUT2D eigenvalue weighted by Gasteiger charge is 2.14. The molecule has 1 aromatic rings. The van der Waals surface area contributed by atoms with Crippen LogP contribution in [0.15, 0.2) is 20.1 Å². The molecule has 2 heterocycles. The maximum absolute atomic E-state index is 3.51. The maximum atomic E-state index is 3.51. The van der Waals surface area contributed by atoms with Gasteiger partial charge >= 0.3 is 0 Å². The fraction of sp³-hybridized carbons (Fsp3) is 0.556. The molecule has 0 radical (unpaired) electrons. The molecule has 0 aliphatic carbocycles. The van der Waals surface area contributed by atoms with Crippen LogP contribution >= 0.6 is 39.0 Å². The molecule has 2 rings (SSSR count). The Morgan fingerprint density at radius 2 is 2.54 bits per heavy atom. The van der Waals surface area contributed by atoms with Crippen molar-refractivity contribution in [1.82, 2.24) is 5.32 Å². The Bertz CT molecular complexity index is 268. The molecule has 1 fully saturated rings. The quantitative estimate of drug-likeness (QED) is 0.851. The van der Waals surface area contributed by atoms with Crippen molar-refractivity contribution in [2.24, 2.45) is 0 Å². The lowest BCUT2D eigenvalue weighted by atomic mass is 10.3. The Balaban J connectivity index is 1.78. The number of halogens is 1. The molecule has 1 aliphatic heterocycles. The van der Waals surface area contributed by atoms with Gasteiger partial charge in [-0.05, 0) is 47.4 Å². The molecular weight excluding hydrogens is 266 g/mol. The summed E-state index contributed by atoms with van der Waals surface area (Å²) in [6, 6.07) is 5.05. The zero-order valence-corrected chi connectivity index (χ0v) is 10.5. The minimum Gasteiger partial charge on any atom is -0.313 e. The molecular formula is C9H12BrNS2. The smallest absolute Gasteiger partial charge is 0.0710 e. The Labute approximate surface area is 95.4 Å². The molecule has 0 amide bonds. The van der Waals surface area contributed by atoms with E-state index < -0.39 is 0 Å². The number of hydrogen-bond donors (Lipinski definition) is 1. The first kappa shape index (κ1) is 10.0. The van der Waals surface area contributed by atoms with Crippen molar-refractivity contribution in [1.29, 1.82) is 0 Å². The molecule has 1 saturated heterocycles. The monoisotopic (exact) mass is 277 g/mol. The van der Waals surface area contributed by atoms with Crippen LogP contribution in [-0.2, 0) is 0 Å². The van der Waals surface area contributed by atoms with Gasteiger partial charge in [0.2, 0.25) is 0 Å². The van der Waals surface area contributed by atoms with Crippen molar-refractivity contribution < 1.29 is 0 Å². The highest BCUT2D eigenvalue weighted by atomic mass is 79.9. The molecule has 1 N–H and O–H groups in total. The molecule has 1 nitrogen and oxygen atoms in total. The van der Waals surface area contributed by atoms with E-state index in [2.05, 4.69) is 33.4 Å². The summed E-state index contributed by atoms with van der Waals surface area (Å²) in [6.07, 6.45) is 2.69. The first-order valence-corrected chi connectivity index (χ1v) is 7.05. The van der Waals surface area contributed by atoms with Gasteiger partial charge in [-0.15, -0.1) is 23.1 Å². The molecule has 1 aliphatic rings. The summed E-state index contributed by atoms with van der Waals surface area (Å²) in [7, 11) is 0. The van der Waals surface area contributed by atoms with Crippen LogP contribution in [0.4, 0.5) is 0 Å². The van der Waals surface area contributed by atoms with Crippen molar-refractivity contribution in [3.8, 4) is 0 Å². The van der Waals surface area contributed by atoms with E-state index in [4.69, 9.17) is 0 Å². The normalized spacial score (nSPS) is 22.4. The van der Waals surface area contributed by atoms with Crippen LogP contribution in [0, 0.1) is 0 Å². The molecule has 1 atom stereocenters. The maximum Gasteiger partial charge on any atom is 0.0710 e. The first-order valence-electron chi connectivity index (χ1n) is 4.46. The van der Waals surface area contributed by atoms with Crippen LogP contribution in [0.2, 0.25) is 0 Å². The fourth-order valence-electron chi connectivity index (χ4n) is 1.46. The van der Waals surface area contributed by atoms with Crippen molar-refractivity contribution in [2.45, 2.75) is 23.1 Å². The summed E-state index contributed by atoms with van der Waals surface area (Å²) >= 11 is 7.26. The van der Waals surface area contributed by atoms with Crippen molar-refractivity contribution in [3.05, 3.63) is 15.9 Å². The molecule has 0 saturated carbocycles. The van der Waals surface area contributed by atoms with Gasteiger partial charge in [-0.2, -0.15) is 0 Å². The second-order valence-corrected chi connectivity index (χ2v) is 6.95. The summed E-state index contributed by atoms with van der Waals surface area (Å²) in [5.41, 5.74) is 0. The van der Waals surface area contributed by atoms with E-state index >= 15 is 0 Å². The SMILES string of the molecule is Brc1ccc(SCC2CCCN2)s1. The minimum atomic E-state index is 0.742. The molecule has 0 aromatic carbocycles. The van der Waals surface area contributed by atoms with Gasteiger partial charge in [0, 0.05) is 11.8 Å². The van der Waals surface area contributed by atoms with Crippen molar-refractivity contribution >= 4 is 39.0 Å². The van der Waals surface area contributed by atoms with Gasteiger partial charge in [0.05, 0.1) is 8.00 Å². The number of hydrogen-bond acceptors (Lipinski definition) is 3. The van der Waals surface area contributed by atoms with Gasteiger partial charge < -0.3 is 5.32 Å². The van der Waals surface area contributed by atoms with E-state index in [9.17, 15) is 0 Å². The Morgan fingerprint density at radius 3 is 3.15 bits per heavy atom. The number of thioether (sulfide) groups is 1. The van der Waals surface area contributed by atoms with Crippen LogP contribution in [-0.4, -0.2) is 18.3 Å². The highest BCUT2D eigenvalue weighted by Crippen LogP contribution is 2.31. The van der Waals surface area contributed by atoms with Crippen LogP contribution in [0.5, 0.6) is 0 Å². The Kier molecular flexibility index (Phi) is 3.72. The third-order valence-corrected chi connectivity index (χ3v) is 5.15. The average Bonchev–Trinajstić information content (AvgIpc) is 2.71. The van der Waals surface area contributed by atoms with Crippen molar-refractivity contribution in [3.63, 3.8) is 0 Å². The lowest BCUT2D eigenvalue weighted by Gasteiger charge is -2.07. The van der Waals surface area contributed by atoms with Gasteiger partial charge in [0.25, 0.3) is 0 Å². The number of rotatable bonds is 3. The van der Waals surface area contributed by atoms with Crippen LogP contribution < -0.4 is 5.32 Å². The molecule has 1 unspecified atom stereocenters. The zero-order chi connectivity index (χ0) is 9.10. The minimum absolute atomic E-state index is 0.742. The standard InChI is InChI=1S/C9H12BrNS2/c10-8-3-4-9(13-8)12-6-7-2-1-5-11-7/h3-4,7,11H,1-2,5-6H2. The summed E-state index contributed by atoms with van der Waals surface area (Å²) in [4.78, 5) is 0. The largest absolute Gasteiger partial charge is 0.313 e. The molecule has 0 spiro atoms. The highest BCUT2D eigenvalue weighted by molar-refractivity contribution is 9.11. The summed E-state index contributed by atoms with van der Waals surface area (Å²) in [6.45, 7) is 1.21. The lowest BCUT2D eigenvalue weighted by molar-refractivity contribution is 0.674. The third kappa shape index (κ3) is 2.98. The van der Waals surface area contributed by atoms with E-state index in [0.717, 1.165) is 6.04 Å². The first-order chi connectivity index (χ1) is 6.34. The third-order valence-electron chi connectivity index (χ3n) is 2.14. The molecule has 0 bridgehead atoms. The topological polar surface area (TPSA) is 12.0 Å². The average molecular weight is 278 g/mol. The zero-order valence-electron chi connectivity index (χ0n) is 7.25.